The molecule has 0 unspecified atom stereocenters. The molecule has 0 aliphatic rings. The Morgan fingerprint density at radius 2 is 1.33 bits per heavy atom. The van der Waals surface area contributed by atoms with Gasteiger partial charge in [-0.1, -0.05) is 58.4 Å². The number of hydrogen-bond donors (Lipinski definition) is 2. The smallest absolute Gasteiger partial charge is 0.269 e. The summed E-state index contributed by atoms with van der Waals surface area (Å²) in [5, 5.41) is 0. The van der Waals surface area contributed by atoms with Crippen LogP contribution >= 0.6 is 15.9 Å². The molecule has 0 fully saturated rings. The van der Waals surface area contributed by atoms with E-state index in [0.717, 1.165) is 15.6 Å². The molecule has 0 aromatic heterocycles. The number of carbonyl (C=O) groups is 2. The molecule has 0 saturated carbocycles. The summed E-state index contributed by atoms with van der Waals surface area (Å²) in [6.45, 7) is 0. The Morgan fingerprint density at radius 3 is 2.00 bits per heavy atom. The Kier molecular flexibility index (Phi) is 6.18. The van der Waals surface area contributed by atoms with Crippen LogP contribution in [-0.2, 0) is 0 Å². The van der Waals surface area contributed by atoms with Gasteiger partial charge >= 0.3 is 0 Å². The summed E-state index contributed by atoms with van der Waals surface area (Å²) in [4.78, 5) is 24.1. The average Bonchev–Trinajstić information content (AvgIpc) is 2.72. The fourth-order valence-electron chi connectivity index (χ4n) is 2.45. The molecule has 0 atom stereocenters. The number of ketones is 1. The Hall–Kier alpha value is -3.18. The standard InChI is InChI=1S/C22H17BrN2O2/c23-20-12-10-18(11-13-20)21(26)14-15-24-25-22(27)19-8-6-17(7-9-19)16-4-2-1-3-5-16/h1-15,24H,(H,25,27)/b15-14+. The first-order valence-corrected chi connectivity index (χ1v) is 9.10. The summed E-state index contributed by atoms with van der Waals surface area (Å²) in [5.74, 6) is -0.438. The Balaban J connectivity index is 1.53. The van der Waals surface area contributed by atoms with Crippen molar-refractivity contribution in [2.24, 2.45) is 0 Å². The lowest BCUT2D eigenvalue weighted by Crippen LogP contribution is -2.33. The van der Waals surface area contributed by atoms with Gasteiger partial charge in [0.2, 0.25) is 0 Å². The Labute approximate surface area is 166 Å². The van der Waals surface area contributed by atoms with Crippen molar-refractivity contribution in [1.82, 2.24) is 10.9 Å². The van der Waals surface area contributed by atoms with Crippen molar-refractivity contribution < 1.29 is 9.59 Å². The zero-order chi connectivity index (χ0) is 19.1. The number of carbonyl (C=O) groups excluding carboxylic acids is 2. The third kappa shape index (κ3) is 5.15. The molecule has 27 heavy (non-hydrogen) atoms. The quantitative estimate of drug-likeness (QED) is 0.343. The van der Waals surface area contributed by atoms with Gasteiger partial charge in [0.1, 0.15) is 0 Å². The molecule has 2 N–H and O–H groups in total. The Bertz CT molecular complexity index is 950. The van der Waals surface area contributed by atoms with Crippen LogP contribution in [0.15, 0.2) is 95.6 Å². The van der Waals surface area contributed by atoms with E-state index in [1.807, 2.05) is 42.5 Å². The van der Waals surface area contributed by atoms with Gasteiger partial charge in [0.05, 0.1) is 0 Å². The second-order valence-electron chi connectivity index (χ2n) is 5.75. The summed E-state index contributed by atoms with van der Waals surface area (Å²) < 4.78 is 0.909. The maximum absolute atomic E-state index is 12.1. The van der Waals surface area contributed by atoms with Crippen molar-refractivity contribution in [3.05, 3.63) is 107 Å². The van der Waals surface area contributed by atoms with Crippen molar-refractivity contribution in [2.75, 3.05) is 0 Å². The molecular weight excluding hydrogens is 404 g/mol. The minimum absolute atomic E-state index is 0.156. The van der Waals surface area contributed by atoms with E-state index < -0.39 is 0 Å². The van der Waals surface area contributed by atoms with Gasteiger partial charge in [0.15, 0.2) is 5.78 Å². The molecule has 0 aliphatic heterocycles. The molecular formula is C22H17BrN2O2. The minimum atomic E-state index is -0.282. The van der Waals surface area contributed by atoms with E-state index >= 15 is 0 Å². The molecule has 3 aromatic rings. The first kappa shape index (κ1) is 18.6. The number of hydrogen-bond acceptors (Lipinski definition) is 3. The molecule has 3 rings (SSSR count). The van der Waals surface area contributed by atoms with Crippen molar-refractivity contribution in [3.8, 4) is 11.1 Å². The average molecular weight is 421 g/mol. The van der Waals surface area contributed by atoms with Crippen molar-refractivity contribution >= 4 is 27.6 Å². The van der Waals surface area contributed by atoms with E-state index in [2.05, 4.69) is 26.8 Å². The predicted octanol–water partition coefficient (Wildman–Crippen LogP) is 4.75. The van der Waals surface area contributed by atoms with E-state index in [0.29, 0.717) is 11.1 Å². The van der Waals surface area contributed by atoms with Crippen molar-refractivity contribution in [1.29, 1.82) is 0 Å². The number of allylic oxidation sites excluding steroid dienone is 1. The number of halogens is 1. The summed E-state index contributed by atoms with van der Waals surface area (Å²) >= 11 is 3.32. The van der Waals surface area contributed by atoms with Crippen LogP contribution in [0.1, 0.15) is 20.7 Å². The fourth-order valence-corrected chi connectivity index (χ4v) is 2.72. The molecule has 1 amide bonds. The van der Waals surface area contributed by atoms with Crippen LogP contribution in [0.2, 0.25) is 0 Å². The van der Waals surface area contributed by atoms with Gasteiger partial charge in [-0.3, -0.25) is 15.0 Å². The lowest BCUT2D eigenvalue weighted by Gasteiger charge is -2.06. The van der Waals surface area contributed by atoms with E-state index in [1.165, 1.54) is 12.3 Å². The number of nitrogens with one attached hydrogen (secondary N) is 2. The number of amides is 1. The predicted molar refractivity (Wildman–Crippen MR) is 110 cm³/mol. The summed E-state index contributed by atoms with van der Waals surface area (Å²) in [6, 6.07) is 24.3. The van der Waals surface area contributed by atoms with Gasteiger partial charge in [0.25, 0.3) is 5.91 Å². The third-order valence-electron chi connectivity index (χ3n) is 3.89. The van der Waals surface area contributed by atoms with Gasteiger partial charge in [-0.05, 0) is 47.5 Å². The first-order valence-electron chi connectivity index (χ1n) is 8.31. The van der Waals surface area contributed by atoms with Crippen molar-refractivity contribution in [2.45, 2.75) is 0 Å². The van der Waals surface area contributed by atoms with E-state index in [9.17, 15) is 9.59 Å². The molecule has 0 spiro atoms. The van der Waals surface area contributed by atoms with Gasteiger partial charge in [0, 0.05) is 27.9 Å². The maximum atomic E-state index is 12.1. The second-order valence-corrected chi connectivity index (χ2v) is 6.66. The zero-order valence-electron chi connectivity index (χ0n) is 14.4. The number of rotatable bonds is 6. The monoisotopic (exact) mass is 420 g/mol. The second kappa shape index (κ2) is 8.96. The summed E-state index contributed by atoms with van der Waals surface area (Å²) in [5.41, 5.74) is 8.40. The van der Waals surface area contributed by atoms with E-state index in [-0.39, 0.29) is 11.7 Å². The first-order chi connectivity index (χ1) is 13.1. The molecule has 0 saturated heterocycles. The third-order valence-corrected chi connectivity index (χ3v) is 4.42. The highest BCUT2D eigenvalue weighted by Crippen LogP contribution is 2.19. The highest BCUT2D eigenvalue weighted by atomic mass is 79.9. The van der Waals surface area contributed by atoms with Gasteiger partial charge < -0.3 is 5.43 Å². The van der Waals surface area contributed by atoms with Crippen LogP contribution in [0.4, 0.5) is 0 Å². The van der Waals surface area contributed by atoms with E-state index in [4.69, 9.17) is 0 Å². The molecule has 0 heterocycles. The van der Waals surface area contributed by atoms with Crippen LogP contribution in [0, 0.1) is 0 Å². The van der Waals surface area contributed by atoms with Gasteiger partial charge in [-0.2, -0.15) is 0 Å². The molecule has 0 aliphatic carbocycles. The number of hydrazine groups is 1. The molecule has 3 aromatic carbocycles. The topological polar surface area (TPSA) is 58.2 Å². The number of benzene rings is 3. The molecule has 0 bridgehead atoms. The lowest BCUT2D eigenvalue weighted by atomic mass is 10.0. The Morgan fingerprint density at radius 1 is 0.741 bits per heavy atom. The normalized spacial score (nSPS) is 10.6. The highest BCUT2D eigenvalue weighted by Gasteiger charge is 2.05. The maximum Gasteiger partial charge on any atom is 0.269 e. The van der Waals surface area contributed by atoms with Gasteiger partial charge in [-0.15, -0.1) is 0 Å². The molecule has 134 valence electrons. The fraction of sp³-hybridized carbons (Fsp3) is 0. The minimum Gasteiger partial charge on any atom is -0.305 e. The lowest BCUT2D eigenvalue weighted by molar-refractivity contribution is 0.0939. The van der Waals surface area contributed by atoms with Crippen LogP contribution in [0.5, 0.6) is 0 Å². The molecule has 4 nitrogen and oxygen atoms in total. The zero-order valence-corrected chi connectivity index (χ0v) is 15.9. The van der Waals surface area contributed by atoms with E-state index in [1.54, 1.807) is 36.4 Å². The van der Waals surface area contributed by atoms with Crippen molar-refractivity contribution in [3.63, 3.8) is 0 Å². The van der Waals surface area contributed by atoms with Crippen LogP contribution in [0.25, 0.3) is 11.1 Å². The largest absolute Gasteiger partial charge is 0.305 e. The van der Waals surface area contributed by atoms with Crippen LogP contribution in [0.3, 0.4) is 0 Å². The summed E-state index contributed by atoms with van der Waals surface area (Å²) in [6.07, 6.45) is 2.77. The van der Waals surface area contributed by atoms with Gasteiger partial charge in [-0.25, -0.2) is 0 Å². The highest BCUT2D eigenvalue weighted by molar-refractivity contribution is 9.10. The molecule has 5 heteroatoms. The van der Waals surface area contributed by atoms with Crippen LogP contribution < -0.4 is 10.9 Å². The van der Waals surface area contributed by atoms with Crippen LogP contribution in [-0.4, -0.2) is 11.7 Å². The summed E-state index contributed by atoms with van der Waals surface area (Å²) in [7, 11) is 0. The molecule has 0 radical (unpaired) electrons. The SMILES string of the molecule is O=C(/C=C/NNC(=O)c1ccc(-c2ccccc2)cc1)c1ccc(Br)cc1.